The number of aromatic nitrogens is 1. The van der Waals surface area contributed by atoms with E-state index in [1.165, 1.54) is 10.5 Å². The third-order valence-corrected chi connectivity index (χ3v) is 4.49. The molecule has 0 spiro atoms. The quantitative estimate of drug-likeness (QED) is 0.703. The number of nitrogens with zero attached hydrogens (tertiary/aromatic N) is 1. The van der Waals surface area contributed by atoms with E-state index >= 15 is 0 Å². The lowest BCUT2D eigenvalue weighted by Crippen LogP contribution is -2.25. The van der Waals surface area contributed by atoms with Crippen molar-refractivity contribution in [2.24, 2.45) is 5.73 Å². The summed E-state index contributed by atoms with van der Waals surface area (Å²) in [7, 11) is 0. The van der Waals surface area contributed by atoms with Crippen LogP contribution < -0.4 is 11.3 Å². The minimum atomic E-state index is -0.679. The van der Waals surface area contributed by atoms with Crippen LogP contribution >= 0.6 is 0 Å². The van der Waals surface area contributed by atoms with Crippen LogP contribution in [0, 0.1) is 12.7 Å². The zero-order valence-electron chi connectivity index (χ0n) is 15.3. The number of rotatable bonds is 5. The van der Waals surface area contributed by atoms with Crippen molar-refractivity contribution in [1.82, 2.24) is 4.40 Å². The van der Waals surface area contributed by atoms with Gasteiger partial charge in [-0.25, -0.2) is 9.18 Å². The molecule has 0 saturated heterocycles. The molecule has 0 aliphatic carbocycles. The van der Waals surface area contributed by atoms with Gasteiger partial charge in [-0.1, -0.05) is 24.3 Å². The van der Waals surface area contributed by atoms with Crippen LogP contribution in [-0.2, 0) is 17.7 Å². The summed E-state index contributed by atoms with van der Waals surface area (Å²) in [5.74, 6) is -0.936. The van der Waals surface area contributed by atoms with Gasteiger partial charge in [0, 0.05) is 19.2 Å². The van der Waals surface area contributed by atoms with Crippen LogP contribution in [0.1, 0.15) is 39.5 Å². The van der Waals surface area contributed by atoms with Gasteiger partial charge in [-0.2, -0.15) is 0 Å². The van der Waals surface area contributed by atoms with Crippen molar-refractivity contribution in [1.29, 1.82) is 0 Å². The van der Waals surface area contributed by atoms with Gasteiger partial charge in [0.05, 0.1) is 12.1 Å². The average Bonchev–Trinajstić information content (AvgIpc) is 2.66. The highest BCUT2D eigenvalue weighted by Crippen LogP contribution is 2.18. The third kappa shape index (κ3) is 3.61. The number of carbonyl (C=O) groups excluding carboxylic acids is 1. The van der Waals surface area contributed by atoms with Gasteiger partial charge in [0.25, 0.3) is 5.56 Å². The fourth-order valence-corrected chi connectivity index (χ4v) is 3.10. The topological polar surface area (TPSA) is 73.8 Å². The Balaban J connectivity index is 2.13. The smallest absolute Gasteiger partial charge is 0.343 e. The number of fused-ring (bicyclic) bond motifs is 1. The van der Waals surface area contributed by atoms with E-state index in [0.717, 1.165) is 5.56 Å². The predicted molar refractivity (Wildman–Crippen MR) is 101 cm³/mol. The first-order valence-electron chi connectivity index (χ1n) is 8.74. The maximum Gasteiger partial charge on any atom is 0.343 e. The molecule has 1 aromatic carbocycles. The molecule has 0 saturated carbocycles. The Morgan fingerprint density at radius 1 is 1.22 bits per heavy atom. The van der Waals surface area contributed by atoms with Crippen molar-refractivity contribution in [3.63, 3.8) is 0 Å². The maximum absolute atomic E-state index is 14.3. The lowest BCUT2D eigenvalue weighted by atomic mass is 10.0. The lowest BCUT2D eigenvalue weighted by Gasteiger charge is -2.12. The summed E-state index contributed by atoms with van der Waals surface area (Å²) in [6, 6.07) is 10.3. The molecule has 0 radical (unpaired) electrons. The predicted octanol–water partition coefficient (Wildman–Crippen LogP) is 2.97. The van der Waals surface area contributed by atoms with Crippen LogP contribution in [0.3, 0.4) is 0 Å². The monoisotopic (exact) mass is 368 g/mol. The molecule has 0 bridgehead atoms. The van der Waals surface area contributed by atoms with Gasteiger partial charge in [-0.05, 0) is 48.2 Å². The highest BCUT2D eigenvalue weighted by Gasteiger charge is 2.17. The van der Waals surface area contributed by atoms with Crippen LogP contribution in [0.25, 0.3) is 5.52 Å². The number of hydrogen-bond acceptors (Lipinski definition) is 4. The number of pyridine rings is 2. The highest BCUT2D eigenvalue weighted by atomic mass is 19.1. The number of aryl methyl sites for hydroxylation is 1. The fourth-order valence-electron chi connectivity index (χ4n) is 3.10. The molecule has 2 heterocycles. The zero-order valence-corrected chi connectivity index (χ0v) is 15.3. The first-order valence-corrected chi connectivity index (χ1v) is 8.74. The molecule has 2 aromatic heterocycles. The Morgan fingerprint density at radius 3 is 2.70 bits per heavy atom. The van der Waals surface area contributed by atoms with Gasteiger partial charge in [0.15, 0.2) is 0 Å². The molecule has 2 N–H and O–H groups in total. The number of esters is 1. The van der Waals surface area contributed by atoms with Gasteiger partial charge in [-0.15, -0.1) is 0 Å². The van der Waals surface area contributed by atoms with Crippen molar-refractivity contribution in [2.45, 2.75) is 26.8 Å². The van der Waals surface area contributed by atoms with Gasteiger partial charge in [-0.3, -0.25) is 9.20 Å². The second-order valence-corrected chi connectivity index (χ2v) is 6.33. The van der Waals surface area contributed by atoms with Gasteiger partial charge in [0.2, 0.25) is 0 Å². The summed E-state index contributed by atoms with van der Waals surface area (Å²) in [6.45, 7) is 3.73. The normalized spacial score (nSPS) is 11.0. The summed E-state index contributed by atoms with van der Waals surface area (Å²) < 4.78 is 20.7. The molecule has 3 rings (SSSR count). The summed E-state index contributed by atoms with van der Waals surface area (Å²) in [5.41, 5.74) is 8.38. The largest absolute Gasteiger partial charge is 0.462 e. The van der Waals surface area contributed by atoms with Crippen molar-refractivity contribution in [2.75, 3.05) is 6.61 Å². The number of hydrogen-bond donors (Lipinski definition) is 1. The first-order chi connectivity index (χ1) is 13.0. The summed E-state index contributed by atoms with van der Waals surface area (Å²) >= 11 is 0. The summed E-state index contributed by atoms with van der Waals surface area (Å²) in [5, 5.41) is 0. The second-order valence-electron chi connectivity index (χ2n) is 6.33. The molecule has 0 amide bonds. The molecule has 5 nitrogen and oxygen atoms in total. The molecular weight excluding hydrogens is 347 g/mol. The van der Waals surface area contributed by atoms with E-state index in [4.69, 9.17) is 10.5 Å². The second kappa shape index (κ2) is 7.72. The van der Waals surface area contributed by atoms with Crippen LogP contribution in [0.2, 0.25) is 0 Å². The van der Waals surface area contributed by atoms with E-state index in [0.29, 0.717) is 28.6 Å². The zero-order chi connectivity index (χ0) is 19.6. The van der Waals surface area contributed by atoms with E-state index in [1.54, 1.807) is 44.3 Å². The van der Waals surface area contributed by atoms with Crippen molar-refractivity contribution in [3.8, 4) is 0 Å². The fraction of sp³-hybridized carbons (Fsp3) is 0.238. The van der Waals surface area contributed by atoms with Crippen LogP contribution in [-0.4, -0.2) is 17.0 Å². The number of ether oxygens (including phenoxy) is 1. The van der Waals surface area contributed by atoms with Gasteiger partial charge >= 0.3 is 5.97 Å². The Kier molecular flexibility index (Phi) is 5.37. The standard InChI is InChI=1S/C21H21FN2O3/c1-3-27-21(26)17-10-16(11-23)18-8-7-14(12-24(18)20(17)25)9-15-6-4-5-13(2)19(15)22/h4-8,10,12H,3,9,11,23H2,1-2H3. The van der Waals surface area contributed by atoms with Crippen molar-refractivity contribution >= 4 is 11.5 Å². The van der Waals surface area contributed by atoms with Gasteiger partial charge in [0.1, 0.15) is 11.4 Å². The van der Waals surface area contributed by atoms with Crippen LogP contribution in [0.5, 0.6) is 0 Å². The van der Waals surface area contributed by atoms with E-state index in [-0.39, 0.29) is 24.5 Å². The number of carbonyl (C=O) groups is 1. The molecule has 140 valence electrons. The molecule has 0 atom stereocenters. The highest BCUT2D eigenvalue weighted by molar-refractivity contribution is 5.90. The van der Waals surface area contributed by atoms with Gasteiger partial charge < -0.3 is 10.5 Å². The van der Waals surface area contributed by atoms with E-state index in [1.807, 2.05) is 6.07 Å². The van der Waals surface area contributed by atoms with Crippen LogP contribution in [0.15, 0.2) is 47.4 Å². The van der Waals surface area contributed by atoms with E-state index < -0.39 is 11.5 Å². The molecule has 0 aliphatic rings. The molecular formula is C21H21FN2O3. The summed E-state index contributed by atoms with van der Waals surface area (Å²) in [4.78, 5) is 24.9. The van der Waals surface area contributed by atoms with Crippen molar-refractivity contribution in [3.05, 3.63) is 86.6 Å². The molecule has 0 aliphatic heterocycles. The minimum Gasteiger partial charge on any atom is -0.462 e. The summed E-state index contributed by atoms with van der Waals surface area (Å²) in [6.07, 6.45) is 1.96. The third-order valence-electron chi connectivity index (χ3n) is 4.49. The molecule has 0 fully saturated rings. The van der Waals surface area contributed by atoms with E-state index in [2.05, 4.69) is 0 Å². The first kappa shape index (κ1) is 18.8. The van der Waals surface area contributed by atoms with E-state index in [9.17, 15) is 14.0 Å². The Labute approximate surface area is 156 Å². The Morgan fingerprint density at radius 2 is 2.00 bits per heavy atom. The average molecular weight is 368 g/mol. The minimum absolute atomic E-state index is 0.0614. The molecule has 3 aromatic rings. The number of nitrogens with two attached hydrogens (primary N) is 1. The number of benzene rings is 1. The lowest BCUT2D eigenvalue weighted by molar-refractivity contribution is 0.0524. The van der Waals surface area contributed by atoms with Crippen LogP contribution in [0.4, 0.5) is 4.39 Å². The SMILES string of the molecule is CCOC(=O)c1cc(CN)c2ccc(Cc3cccc(C)c3F)cn2c1=O. The molecule has 0 unspecified atom stereocenters. The Bertz CT molecular complexity index is 1070. The Hall–Kier alpha value is -2.99. The van der Waals surface area contributed by atoms with Crippen molar-refractivity contribution < 1.29 is 13.9 Å². The molecule has 6 heteroatoms. The molecule has 27 heavy (non-hydrogen) atoms. The maximum atomic E-state index is 14.3. The number of halogens is 1.